The summed E-state index contributed by atoms with van der Waals surface area (Å²) >= 11 is 11.7. The Morgan fingerprint density at radius 3 is 2.43 bits per heavy atom. The van der Waals surface area contributed by atoms with Crippen molar-refractivity contribution in [1.29, 1.82) is 0 Å². The van der Waals surface area contributed by atoms with E-state index < -0.39 is 0 Å². The lowest BCUT2D eigenvalue weighted by Crippen LogP contribution is -2.34. The summed E-state index contributed by atoms with van der Waals surface area (Å²) in [5, 5.41) is 3.57. The molecule has 1 aromatic carbocycles. The van der Waals surface area contributed by atoms with Gasteiger partial charge in [0, 0.05) is 32.1 Å². The van der Waals surface area contributed by atoms with Crippen LogP contribution in [0.5, 0.6) is 0 Å². The van der Waals surface area contributed by atoms with E-state index in [0.29, 0.717) is 34.7 Å². The van der Waals surface area contributed by atoms with Gasteiger partial charge in [0.2, 0.25) is 11.8 Å². The lowest BCUT2D eigenvalue weighted by atomic mass is 10.2. The highest BCUT2D eigenvalue weighted by Crippen LogP contribution is 2.25. The van der Waals surface area contributed by atoms with Crippen LogP contribution < -0.4 is 5.32 Å². The number of carbonyl (C=O) groups is 2. The van der Waals surface area contributed by atoms with Crippen LogP contribution in [0.3, 0.4) is 0 Å². The summed E-state index contributed by atoms with van der Waals surface area (Å²) < 4.78 is 0. The maximum atomic E-state index is 11.9. The number of halogens is 2. The fourth-order valence-electron chi connectivity index (χ4n) is 1.85. The van der Waals surface area contributed by atoms with E-state index in [4.69, 9.17) is 23.2 Å². The number of anilines is 1. The van der Waals surface area contributed by atoms with Gasteiger partial charge in [-0.2, -0.15) is 0 Å². The standard InChI is InChI=1S/C15H20Cl2N2O2/c1-10(2)9-19(11(3)20)7-6-15(21)18-12-4-5-13(16)14(17)8-12/h4-5,8,10H,6-7,9H2,1-3H3,(H,18,21). The van der Waals surface area contributed by atoms with Gasteiger partial charge >= 0.3 is 0 Å². The molecule has 0 fully saturated rings. The zero-order valence-electron chi connectivity index (χ0n) is 12.5. The van der Waals surface area contributed by atoms with Crippen molar-refractivity contribution in [2.45, 2.75) is 27.2 Å². The maximum Gasteiger partial charge on any atom is 0.226 e. The lowest BCUT2D eigenvalue weighted by molar-refractivity contribution is -0.129. The molecule has 0 atom stereocenters. The van der Waals surface area contributed by atoms with Gasteiger partial charge in [0.15, 0.2) is 0 Å². The summed E-state index contributed by atoms with van der Waals surface area (Å²) in [6, 6.07) is 4.90. The van der Waals surface area contributed by atoms with Crippen LogP contribution in [0.15, 0.2) is 18.2 Å². The minimum absolute atomic E-state index is 0.0222. The second-order valence-corrected chi connectivity index (χ2v) is 6.10. The average Bonchev–Trinajstić information content (AvgIpc) is 2.38. The summed E-state index contributed by atoms with van der Waals surface area (Å²) in [4.78, 5) is 25.1. The molecule has 1 rings (SSSR count). The smallest absolute Gasteiger partial charge is 0.226 e. The fraction of sp³-hybridized carbons (Fsp3) is 0.467. The normalized spacial score (nSPS) is 10.6. The van der Waals surface area contributed by atoms with Crippen LogP contribution in [-0.4, -0.2) is 29.8 Å². The Morgan fingerprint density at radius 1 is 1.24 bits per heavy atom. The van der Waals surface area contributed by atoms with Gasteiger partial charge in [-0.25, -0.2) is 0 Å². The van der Waals surface area contributed by atoms with Crippen LogP contribution in [0, 0.1) is 5.92 Å². The van der Waals surface area contributed by atoms with E-state index in [1.165, 1.54) is 6.92 Å². The Bertz CT molecular complexity index is 518. The highest BCUT2D eigenvalue weighted by atomic mass is 35.5. The fourth-order valence-corrected chi connectivity index (χ4v) is 2.15. The molecule has 0 saturated heterocycles. The third-order valence-corrected chi connectivity index (χ3v) is 3.58. The van der Waals surface area contributed by atoms with E-state index in [1.54, 1.807) is 23.1 Å². The molecule has 0 aliphatic rings. The van der Waals surface area contributed by atoms with Gasteiger partial charge in [-0.05, 0) is 24.1 Å². The predicted octanol–water partition coefficient (Wildman–Crippen LogP) is 3.83. The zero-order valence-corrected chi connectivity index (χ0v) is 14.0. The van der Waals surface area contributed by atoms with Crippen LogP contribution in [0.1, 0.15) is 27.2 Å². The number of rotatable bonds is 6. The molecule has 0 spiro atoms. The summed E-state index contributed by atoms with van der Waals surface area (Å²) in [5.74, 6) is 0.182. The first-order valence-electron chi connectivity index (χ1n) is 6.80. The quantitative estimate of drug-likeness (QED) is 0.861. The summed E-state index contributed by atoms with van der Waals surface area (Å²) in [5.41, 5.74) is 0.590. The number of hydrogen-bond acceptors (Lipinski definition) is 2. The van der Waals surface area contributed by atoms with Crippen LogP contribution in [0.4, 0.5) is 5.69 Å². The first-order chi connectivity index (χ1) is 9.79. The minimum atomic E-state index is -0.164. The maximum absolute atomic E-state index is 11.9. The number of amides is 2. The Balaban J connectivity index is 2.52. The molecule has 0 aliphatic heterocycles. The van der Waals surface area contributed by atoms with Gasteiger partial charge in [0.25, 0.3) is 0 Å². The Hall–Kier alpha value is -1.26. The molecule has 0 bridgehead atoms. The minimum Gasteiger partial charge on any atom is -0.342 e. The topological polar surface area (TPSA) is 49.4 Å². The van der Waals surface area contributed by atoms with E-state index >= 15 is 0 Å². The molecular formula is C15H20Cl2N2O2. The first kappa shape index (κ1) is 17.8. The third kappa shape index (κ3) is 6.36. The van der Waals surface area contributed by atoms with Gasteiger partial charge in [-0.15, -0.1) is 0 Å². The molecule has 6 heteroatoms. The Morgan fingerprint density at radius 2 is 1.90 bits per heavy atom. The van der Waals surface area contributed by atoms with Crippen molar-refractivity contribution >= 4 is 40.7 Å². The molecule has 0 saturated carbocycles. The van der Waals surface area contributed by atoms with E-state index in [0.717, 1.165) is 0 Å². The molecule has 1 aromatic rings. The van der Waals surface area contributed by atoms with E-state index in [1.807, 2.05) is 13.8 Å². The van der Waals surface area contributed by atoms with Crippen molar-refractivity contribution in [1.82, 2.24) is 4.90 Å². The molecule has 0 unspecified atom stereocenters. The van der Waals surface area contributed by atoms with Crippen LogP contribution >= 0.6 is 23.2 Å². The highest BCUT2D eigenvalue weighted by Gasteiger charge is 2.13. The van der Waals surface area contributed by atoms with Gasteiger partial charge in [-0.3, -0.25) is 9.59 Å². The summed E-state index contributed by atoms with van der Waals surface area (Å²) in [7, 11) is 0. The van der Waals surface area contributed by atoms with Crippen LogP contribution in [0.25, 0.3) is 0 Å². The monoisotopic (exact) mass is 330 g/mol. The molecule has 0 aromatic heterocycles. The van der Waals surface area contributed by atoms with E-state index in [9.17, 15) is 9.59 Å². The molecule has 4 nitrogen and oxygen atoms in total. The third-order valence-electron chi connectivity index (χ3n) is 2.84. The lowest BCUT2D eigenvalue weighted by Gasteiger charge is -2.22. The van der Waals surface area contributed by atoms with Crippen molar-refractivity contribution in [3.05, 3.63) is 28.2 Å². The number of hydrogen-bond donors (Lipinski definition) is 1. The molecule has 0 aliphatic carbocycles. The number of nitrogens with zero attached hydrogens (tertiary/aromatic N) is 1. The van der Waals surface area contributed by atoms with Crippen molar-refractivity contribution in [3.8, 4) is 0 Å². The molecule has 21 heavy (non-hydrogen) atoms. The molecule has 116 valence electrons. The highest BCUT2D eigenvalue weighted by molar-refractivity contribution is 6.42. The SMILES string of the molecule is CC(=O)N(CCC(=O)Nc1ccc(Cl)c(Cl)c1)CC(C)C. The number of benzene rings is 1. The Kier molecular flexibility index (Phi) is 6.99. The molecule has 2 amide bonds. The van der Waals surface area contributed by atoms with Crippen molar-refractivity contribution in [2.75, 3.05) is 18.4 Å². The second kappa shape index (κ2) is 8.25. The van der Waals surface area contributed by atoms with Gasteiger partial charge in [-0.1, -0.05) is 37.0 Å². The van der Waals surface area contributed by atoms with Gasteiger partial charge in [0.05, 0.1) is 10.0 Å². The largest absolute Gasteiger partial charge is 0.342 e. The van der Waals surface area contributed by atoms with Crippen LogP contribution in [-0.2, 0) is 9.59 Å². The molecule has 0 radical (unpaired) electrons. The second-order valence-electron chi connectivity index (χ2n) is 5.29. The average molecular weight is 331 g/mol. The number of carbonyl (C=O) groups excluding carboxylic acids is 2. The summed E-state index contributed by atoms with van der Waals surface area (Å²) in [6.45, 7) is 6.63. The molecule has 0 heterocycles. The predicted molar refractivity (Wildman–Crippen MR) is 86.8 cm³/mol. The van der Waals surface area contributed by atoms with Crippen molar-refractivity contribution < 1.29 is 9.59 Å². The van der Waals surface area contributed by atoms with Crippen molar-refractivity contribution in [3.63, 3.8) is 0 Å². The van der Waals surface area contributed by atoms with Crippen LogP contribution in [0.2, 0.25) is 10.0 Å². The van der Waals surface area contributed by atoms with Gasteiger partial charge < -0.3 is 10.2 Å². The molecular weight excluding hydrogens is 311 g/mol. The zero-order chi connectivity index (χ0) is 16.0. The Labute approximate surface area is 135 Å². The van der Waals surface area contributed by atoms with Crippen molar-refractivity contribution in [2.24, 2.45) is 5.92 Å². The molecule has 1 N–H and O–H groups in total. The van der Waals surface area contributed by atoms with E-state index in [2.05, 4.69) is 5.32 Å². The van der Waals surface area contributed by atoms with Gasteiger partial charge in [0.1, 0.15) is 0 Å². The van der Waals surface area contributed by atoms with E-state index in [-0.39, 0.29) is 18.2 Å². The number of nitrogens with one attached hydrogen (secondary N) is 1. The first-order valence-corrected chi connectivity index (χ1v) is 7.55. The summed E-state index contributed by atoms with van der Waals surface area (Å²) in [6.07, 6.45) is 0.243.